The summed E-state index contributed by atoms with van der Waals surface area (Å²) in [5, 5.41) is 2.75. The van der Waals surface area contributed by atoms with Gasteiger partial charge in [0.15, 0.2) is 0 Å². The lowest BCUT2D eigenvalue weighted by Crippen LogP contribution is -2.43. The number of amides is 1. The lowest BCUT2D eigenvalue weighted by atomic mass is 9.86. The number of carbonyl (C=O) groups is 3. The Morgan fingerprint density at radius 3 is 1.84 bits per heavy atom. The van der Waals surface area contributed by atoms with Gasteiger partial charge in [-0.15, -0.1) is 0 Å². The molecular weight excluding hydrogens is 406 g/mol. The molecule has 0 heterocycles. The Morgan fingerprint density at radius 1 is 0.844 bits per heavy atom. The van der Waals surface area contributed by atoms with Crippen molar-refractivity contribution in [2.75, 3.05) is 7.11 Å². The minimum absolute atomic E-state index is 0.0188. The van der Waals surface area contributed by atoms with Crippen LogP contribution in [0.15, 0.2) is 48.5 Å². The Morgan fingerprint density at radius 2 is 1.38 bits per heavy atom. The van der Waals surface area contributed by atoms with Crippen LogP contribution in [-0.2, 0) is 26.1 Å². The molecule has 0 fully saturated rings. The molecule has 0 saturated carbocycles. The van der Waals surface area contributed by atoms with Crippen LogP contribution in [0, 0.1) is 0 Å². The standard InChI is InChI=1S/C26H33NO5/c1-25(2,3)20-14-12-18(13-15-20)22(28)27-21(24(30)31-7)16-17-8-10-19(11-9-17)23(29)32-26(4,5)6/h8-15,21H,16H2,1-7H3,(H,27,28)/t21-/m0/s1. The molecule has 1 atom stereocenters. The van der Waals surface area contributed by atoms with Gasteiger partial charge in [0.25, 0.3) is 5.91 Å². The highest BCUT2D eigenvalue weighted by Crippen LogP contribution is 2.22. The number of benzene rings is 2. The van der Waals surface area contributed by atoms with Gasteiger partial charge >= 0.3 is 11.9 Å². The van der Waals surface area contributed by atoms with E-state index in [1.54, 1.807) is 57.2 Å². The summed E-state index contributed by atoms with van der Waals surface area (Å²) in [6.07, 6.45) is 0.229. The molecule has 0 spiro atoms. The number of hydrogen-bond donors (Lipinski definition) is 1. The molecule has 0 bridgehead atoms. The molecular formula is C26H33NO5. The van der Waals surface area contributed by atoms with Crippen molar-refractivity contribution in [2.45, 2.75) is 65.0 Å². The van der Waals surface area contributed by atoms with Crippen LogP contribution in [0.5, 0.6) is 0 Å². The van der Waals surface area contributed by atoms with E-state index in [0.29, 0.717) is 11.1 Å². The van der Waals surface area contributed by atoms with E-state index in [2.05, 4.69) is 26.1 Å². The maximum Gasteiger partial charge on any atom is 0.338 e. The van der Waals surface area contributed by atoms with E-state index in [9.17, 15) is 14.4 Å². The van der Waals surface area contributed by atoms with Crippen molar-refractivity contribution in [1.82, 2.24) is 5.32 Å². The van der Waals surface area contributed by atoms with E-state index < -0.39 is 23.6 Å². The first-order valence-corrected chi connectivity index (χ1v) is 10.6. The van der Waals surface area contributed by atoms with Gasteiger partial charge in [0.1, 0.15) is 11.6 Å². The highest BCUT2D eigenvalue weighted by molar-refractivity contribution is 5.97. The predicted octanol–water partition coefficient (Wildman–Crippen LogP) is 4.45. The lowest BCUT2D eigenvalue weighted by Gasteiger charge is -2.20. The van der Waals surface area contributed by atoms with Crippen LogP contribution >= 0.6 is 0 Å². The maximum atomic E-state index is 12.7. The second-order valence-corrected chi connectivity index (χ2v) is 9.78. The highest BCUT2D eigenvalue weighted by atomic mass is 16.6. The summed E-state index contributed by atoms with van der Waals surface area (Å²) < 4.78 is 10.2. The zero-order valence-electron chi connectivity index (χ0n) is 19.9. The Kier molecular flexibility index (Phi) is 7.83. The Balaban J connectivity index is 2.11. The molecule has 1 N–H and O–H groups in total. The van der Waals surface area contributed by atoms with Crippen molar-refractivity contribution < 1.29 is 23.9 Å². The van der Waals surface area contributed by atoms with Crippen LogP contribution in [0.3, 0.4) is 0 Å². The number of carbonyl (C=O) groups excluding carboxylic acids is 3. The van der Waals surface area contributed by atoms with Crippen molar-refractivity contribution in [3.8, 4) is 0 Å². The lowest BCUT2D eigenvalue weighted by molar-refractivity contribution is -0.142. The molecule has 6 heteroatoms. The molecule has 172 valence electrons. The molecule has 1 amide bonds. The van der Waals surface area contributed by atoms with Crippen LogP contribution < -0.4 is 5.32 Å². The first kappa shape index (κ1) is 25.1. The molecule has 2 aromatic rings. The summed E-state index contributed by atoms with van der Waals surface area (Å²) >= 11 is 0. The number of hydrogen-bond acceptors (Lipinski definition) is 5. The second kappa shape index (κ2) is 9.98. The summed E-state index contributed by atoms with van der Waals surface area (Å²) in [4.78, 5) is 37.2. The van der Waals surface area contributed by atoms with Gasteiger partial charge in [-0.1, -0.05) is 45.0 Å². The van der Waals surface area contributed by atoms with Gasteiger partial charge in [0.2, 0.25) is 0 Å². The third-order valence-electron chi connectivity index (χ3n) is 4.83. The summed E-state index contributed by atoms with van der Waals surface area (Å²) in [5.41, 5.74) is 2.17. The fourth-order valence-electron chi connectivity index (χ4n) is 3.05. The van der Waals surface area contributed by atoms with Crippen molar-refractivity contribution >= 4 is 17.8 Å². The van der Waals surface area contributed by atoms with E-state index in [1.165, 1.54) is 7.11 Å². The summed E-state index contributed by atoms with van der Waals surface area (Å²) in [5.74, 6) is -1.31. The summed E-state index contributed by atoms with van der Waals surface area (Å²) in [6, 6.07) is 13.2. The van der Waals surface area contributed by atoms with Gasteiger partial charge in [0.05, 0.1) is 12.7 Å². The van der Waals surface area contributed by atoms with Crippen molar-refractivity contribution in [3.63, 3.8) is 0 Å². The van der Waals surface area contributed by atoms with Gasteiger partial charge in [-0.05, 0) is 61.6 Å². The van der Waals surface area contributed by atoms with E-state index in [1.807, 2.05) is 12.1 Å². The SMILES string of the molecule is COC(=O)[C@H](Cc1ccc(C(=O)OC(C)(C)C)cc1)NC(=O)c1ccc(C(C)(C)C)cc1. The average Bonchev–Trinajstić information content (AvgIpc) is 2.71. The minimum Gasteiger partial charge on any atom is -0.467 e. The predicted molar refractivity (Wildman–Crippen MR) is 124 cm³/mol. The quantitative estimate of drug-likeness (QED) is 0.673. The topological polar surface area (TPSA) is 81.7 Å². The zero-order valence-corrected chi connectivity index (χ0v) is 19.9. The monoisotopic (exact) mass is 439 g/mol. The molecule has 0 aliphatic rings. The number of ether oxygens (including phenoxy) is 2. The largest absolute Gasteiger partial charge is 0.467 e. The fraction of sp³-hybridized carbons (Fsp3) is 0.423. The number of methoxy groups -OCH3 is 1. The summed E-state index contributed by atoms with van der Waals surface area (Å²) in [6.45, 7) is 11.7. The Hall–Kier alpha value is -3.15. The van der Waals surface area contributed by atoms with Crippen molar-refractivity contribution in [2.24, 2.45) is 0 Å². The minimum atomic E-state index is -0.859. The van der Waals surface area contributed by atoms with Crippen LogP contribution in [0.2, 0.25) is 0 Å². The first-order valence-electron chi connectivity index (χ1n) is 10.6. The molecule has 0 aliphatic carbocycles. The average molecular weight is 440 g/mol. The molecule has 2 rings (SSSR count). The van der Waals surface area contributed by atoms with E-state index in [-0.39, 0.29) is 17.7 Å². The third kappa shape index (κ3) is 7.22. The van der Waals surface area contributed by atoms with Gasteiger partial charge in [-0.25, -0.2) is 9.59 Å². The Bertz CT molecular complexity index is 948. The number of rotatable bonds is 6. The molecule has 0 saturated heterocycles. The second-order valence-electron chi connectivity index (χ2n) is 9.78. The van der Waals surface area contributed by atoms with E-state index in [4.69, 9.17) is 9.47 Å². The molecule has 6 nitrogen and oxygen atoms in total. The van der Waals surface area contributed by atoms with Crippen LogP contribution in [0.4, 0.5) is 0 Å². The molecule has 0 unspecified atom stereocenters. The molecule has 0 aliphatic heterocycles. The normalized spacial score (nSPS) is 12.6. The first-order chi connectivity index (χ1) is 14.8. The van der Waals surface area contributed by atoms with Gasteiger partial charge < -0.3 is 14.8 Å². The van der Waals surface area contributed by atoms with Crippen LogP contribution in [0.1, 0.15) is 73.4 Å². The molecule has 32 heavy (non-hydrogen) atoms. The molecule has 0 aromatic heterocycles. The fourth-order valence-corrected chi connectivity index (χ4v) is 3.05. The van der Waals surface area contributed by atoms with Crippen molar-refractivity contribution in [3.05, 3.63) is 70.8 Å². The smallest absolute Gasteiger partial charge is 0.338 e. The highest BCUT2D eigenvalue weighted by Gasteiger charge is 2.24. The van der Waals surface area contributed by atoms with Crippen LogP contribution in [0.25, 0.3) is 0 Å². The number of esters is 2. The maximum absolute atomic E-state index is 12.7. The van der Waals surface area contributed by atoms with Crippen molar-refractivity contribution in [1.29, 1.82) is 0 Å². The van der Waals surface area contributed by atoms with E-state index >= 15 is 0 Å². The summed E-state index contributed by atoms with van der Waals surface area (Å²) in [7, 11) is 1.28. The Labute approximate surface area is 190 Å². The van der Waals surface area contributed by atoms with Crippen LogP contribution in [-0.4, -0.2) is 36.6 Å². The molecule has 2 aromatic carbocycles. The van der Waals surface area contributed by atoms with E-state index in [0.717, 1.165) is 11.1 Å². The third-order valence-corrected chi connectivity index (χ3v) is 4.83. The zero-order chi connectivity index (χ0) is 24.1. The molecule has 0 radical (unpaired) electrons. The van der Waals surface area contributed by atoms with Gasteiger partial charge in [0, 0.05) is 12.0 Å². The number of nitrogens with one attached hydrogen (secondary N) is 1. The van der Waals surface area contributed by atoms with Gasteiger partial charge in [-0.2, -0.15) is 0 Å². The van der Waals surface area contributed by atoms with Gasteiger partial charge in [-0.3, -0.25) is 4.79 Å².